The van der Waals surface area contributed by atoms with E-state index in [-0.39, 0.29) is 12.8 Å². The number of hydrogen-bond donors (Lipinski definition) is 3. The van der Waals surface area contributed by atoms with Crippen LogP contribution >= 0.6 is 11.6 Å². The molecule has 0 unspecified atom stereocenters. The zero-order valence-electron chi connectivity index (χ0n) is 16.1. The van der Waals surface area contributed by atoms with Crippen LogP contribution < -0.4 is 15.5 Å². The number of nitrogens with zero attached hydrogens (tertiary/aromatic N) is 3. The second-order valence-corrected chi connectivity index (χ2v) is 6.58. The maximum absolute atomic E-state index is 13.3. The van der Waals surface area contributed by atoms with E-state index in [1.165, 1.54) is 6.38 Å². The first-order valence-corrected chi connectivity index (χ1v) is 9.87. The number of rotatable bonds is 5. The van der Waals surface area contributed by atoms with E-state index in [4.69, 9.17) is 0 Å². The van der Waals surface area contributed by atoms with Crippen LogP contribution in [0.25, 0.3) is 11.0 Å². The van der Waals surface area contributed by atoms with Gasteiger partial charge in [0.05, 0.1) is 23.1 Å². The van der Waals surface area contributed by atoms with Crippen molar-refractivity contribution in [3.8, 4) is 0 Å². The van der Waals surface area contributed by atoms with Crippen LogP contribution in [0.15, 0.2) is 55.3 Å². The lowest BCUT2D eigenvalue weighted by molar-refractivity contribution is -0.0221. The van der Waals surface area contributed by atoms with Gasteiger partial charge in [-0.05, 0) is 24.3 Å². The smallest absolute Gasteiger partial charge is 0.251 e. The normalized spacial score (nSPS) is 15.4. The van der Waals surface area contributed by atoms with Crippen LogP contribution in [0.5, 0.6) is 0 Å². The molecule has 9 heteroatoms. The van der Waals surface area contributed by atoms with Crippen LogP contribution in [0.4, 0.5) is 26.0 Å². The van der Waals surface area contributed by atoms with Gasteiger partial charge in [0.15, 0.2) is 0 Å². The zero-order chi connectivity index (χ0) is 20.9. The third kappa shape index (κ3) is 5.14. The molecule has 3 aromatic rings. The quantitative estimate of drug-likeness (QED) is 0.504. The van der Waals surface area contributed by atoms with E-state index < -0.39 is 5.92 Å². The molecule has 3 N–H and O–H groups in total. The van der Waals surface area contributed by atoms with E-state index in [0.29, 0.717) is 24.7 Å². The predicted molar refractivity (Wildman–Crippen MR) is 115 cm³/mol. The molecule has 0 atom stereocenters. The van der Waals surface area contributed by atoms with Crippen molar-refractivity contribution >= 4 is 39.8 Å². The Balaban J connectivity index is 0.00000117. The molecule has 1 aliphatic heterocycles. The Morgan fingerprint density at radius 1 is 1.17 bits per heavy atom. The zero-order valence-corrected chi connectivity index (χ0v) is 16.8. The van der Waals surface area contributed by atoms with Crippen molar-refractivity contribution in [2.45, 2.75) is 18.8 Å². The van der Waals surface area contributed by atoms with E-state index in [9.17, 15) is 8.78 Å². The van der Waals surface area contributed by atoms with E-state index in [0.717, 1.165) is 22.4 Å². The van der Waals surface area contributed by atoms with E-state index in [1.807, 2.05) is 35.4 Å². The standard InChI is InChI=1S/C19H20F2N6.CH3Cl/c1-13(26-16-12-23-15-3-2-8-22-18(15)16)25-14-4-5-17(24-11-14)27-9-6-19(20,21)7-10-27;1-2/h2-5,8,11-12,23,25-26H,1,6-7,9-10H2;1H3. The van der Waals surface area contributed by atoms with Crippen molar-refractivity contribution in [1.82, 2.24) is 15.0 Å². The number of pyridine rings is 2. The highest BCUT2D eigenvalue weighted by molar-refractivity contribution is 6.15. The van der Waals surface area contributed by atoms with Gasteiger partial charge in [-0.15, -0.1) is 11.6 Å². The van der Waals surface area contributed by atoms with Crippen LogP contribution in [-0.4, -0.2) is 40.3 Å². The molecular formula is C20H23ClF2N6. The number of halogens is 3. The predicted octanol–water partition coefficient (Wildman–Crippen LogP) is 5.04. The van der Waals surface area contributed by atoms with E-state index in [2.05, 4.69) is 43.8 Å². The first-order chi connectivity index (χ1) is 14.0. The lowest BCUT2D eigenvalue weighted by atomic mass is 10.1. The Labute approximate surface area is 173 Å². The maximum Gasteiger partial charge on any atom is 0.251 e. The summed E-state index contributed by atoms with van der Waals surface area (Å²) in [6, 6.07) is 7.50. The lowest BCUT2D eigenvalue weighted by Gasteiger charge is -2.32. The molecule has 0 aliphatic carbocycles. The number of aromatic nitrogens is 3. The number of alkyl halides is 3. The average molecular weight is 421 g/mol. The number of aromatic amines is 1. The molecule has 0 spiro atoms. The first kappa shape index (κ1) is 20.9. The Morgan fingerprint density at radius 3 is 2.62 bits per heavy atom. The van der Waals surface area contributed by atoms with Gasteiger partial charge in [0, 0.05) is 44.7 Å². The molecule has 6 nitrogen and oxygen atoms in total. The fraction of sp³-hybridized carbons (Fsp3) is 0.300. The van der Waals surface area contributed by atoms with Gasteiger partial charge in [0.2, 0.25) is 0 Å². The van der Waals surface area contributed by atoms with Gasteiger partial charge in [0.25, 0.3) is 5.92 Å². The van der Waals surface area contributed by atoms with Crippen molar-refractivity contribution in [3.05, 3.63) is 55.3 Å². The number of nitrogens with one attached hydrogen (secondary N) is 3. The van der Waals surface area contributed by atoms with Crippen molar-refractivity contribution in [2.24, 2.45) is 0 Å². The summed E-state index contributed by atoms with van der Waals surface area (Å²) in [6.07, 6.45) is 6.44. The molecule has 1 aliphatic rings. The minimum absolute atomic E-state index is 0.131. The molecule has 0 amide bonds. The van der Waals surface area contributed by atoms with Gasteiger partial charge in [-0.1, -0.05) is 6.58 Å². The minimum Gasteiger partial charge on any atom is -0.358 e. The molecule has 1 fully saturated rings. The van der Waals surface area contributed by atoms with Crippen LogP contribution in [-0.2, 0) is 0 Å². The van der Waals surface area contributed by atoms with Crippen LogP contribution in [0.3, 0.4) is 0 Å². The third-order valence-corrected chi connectivity index (χ3v) is 4.58. The molecule has 29 heavy (non-hydrogen) atoms. The molecule has 0 saturated carbocycles. The van der Waals surface area contributed by atoms with Gasteiger partial charge in [-0.3, -0.25) is 4.98 Å². The van der Waals surface area contributed by atoms with E-state index >= 15 is 0 Å². The van der Waals surface area contributed by atoms with Gasteiger partial charge >= 0.3 is 0 Å². The van der Waals surface area contributed by atoms with Crippen molar-refractivity contribution < 1.29 is 8.78 Å². The van der Waals surface area contributed by atoms with Crippen molar-refractivity contribution in [3.63, 3.8) is 0 Å². The Morgan fingerprint density at radius 2 is 1.93 bits per heavy atom. The summed E-state index contributed by atoms with van der Waals surface area (Å²) in [5.41, 5.74) is 3.34. The van der Waals surface area contributed by atoms with Gasteiger partial charge in [0.1, 0.15) is 17.2 Å². The summed E-state index contributed by atoms with van der Waals surface area (Å²) in [7, 11) is 0. The molecule has 1 saturated heterocycles. The number of anilines is 3. The van der Waals surface area contributed by atoms with Crippen LogP contribution in [0.2, 0.25) is 0 Å². The minimum atomic E-state index is -2.56. The first-order valence-electron chi connectivity index (χ1n) is 9.12. The molecule has 0 aromatic carbocycles. The highest BCUT2D eigenvalue weighted by atomic mass is 35.5. The molecule has 4 rings (SSSR count). The second kappa shape index (κ2) is 9.09. The van der Waals surface area contributed by atoms with Crippen molar-refractivity contribution in [1.29, 1.82) is 0 Å². The van der Waals surface area contributed by atoms with Gasteiger partial charge in [-0.25, -0.2) is 13.8 Å². The van der Waals surface area contributed by atoms with E-state index in [1.54, 1.807) is 12.4 Å². The Hall–Kier alpha value is -2.87. The van der Waals surface area contributed by atoms with Gasteiger partial charge < -0.3 is 20.5 Å². The topological polar surface area (TPSA) is 68.9 Å². The second-order valence-electron chi connectivity index (χ2n) is 6.58. The third-order valence-electron chi connectivity index (χ3n) is 4.58. The lowest BCUT2D eigenvalue weighted by Crippen LogP contribution is -2.39. The molecule has 154 valence electrons. The number of piperidine rings is 1. The van der Waals surface area contributed by atoms with Crippen molar-refractivity contribution in [2.75, 3.05) is 35.0 Å². The summed E-state index contributed by atoms with van der Waals surface area (Å²) in [5.74, 6) is -1.28. The van der Waals surface area contributed by atoms with Crippen LogP contribution in [0, 0.1) is 0 Å². The monoisotopic (exact) mass is 420 g/mol. The number of fused-ring (bicyclic) bond motifs is 1. The fourth-order valence-corrected chi connectivity index (χ4v) is 3.13. The summed E-state index contributed by atoms with van der Waals surface area (Å²) < 4.78 is 26.5. The molecule has 0 radical (unpaired) electrons. The van der Waals surface area contributed by atoms with Gasteiger partial charge in [-0.2, -0.15) is 0 Å². The Bertz CT molecular complexity index is 947. The highest BCUT2D eigenvalue weighted by Crippen LogP contribution is 2.30. The fourth-order valence-electron chi connectivity index (χ4n) is 3.13. The summed E-state index contributed by atoms with van der Waals surface area (Å²) in [4.78, 5) is 13.7. The summed E-state index contributed by atoms with van der Waals surface area (Å²) >= 11 is 4.64. The molecule has 4 heterocycles. The largest absolute Gasteiger partial charge is 0.358 e. The number of hydrogen-bond acceptors (Lipinski definition) is 5. The Kier molecular flexibility index (Phi) is 6.53. The SMILES string of the molecule is C=C(Nc1ccc(N2CCC(F)(F)CC2)nc1)Nc1c[nH]c2cccnc12.CCl. The molecular weight excluding hydrogens is 398 g/mol. The maximum atomic E-state index is 13.3. The summed E-state index contributed by atoms with van der Waals surface area (Å²) in [5, 5.41) is 6.32. The molecule has 3 aromatic heterocycles. The average Bonchev–Trinajstić information content (AvgIpc) is 3.13. The highest BCUT2D eigenvalue weighted by Gasteiger charge is 2.34. The van der Waals surface area contributed by atoms with Crippen LogP contribution in [0.1, 0.15) is 12.8 Å². The number of H-pyrrole nitrogens is 1. The summed E-state index contributed by atoms with van der Waals surface area (Å²) in [6.45, 7) is 4.60. The molecule has 0 bridgehead atoms.